The van der Waals surface area contributed by atoms with Gasteiger partial charge in [0.15, 0.2) is 34.2 Å². The van der Waals surface area contributed by atoms with E-state index in [1.54, 1.807) is 10.9 Å². The van der Waals surface area contributed by atoms with Crippen molar-refractivity contribution in [2.24, 2.45) is 0 Å². The zero-order valence-electron chi connectivity index (χ0n) is 25.6. The smallest absolute Gasteiger partial charge is 0.321 e. The number of hydrogen-bond acceptors (Lipinski definition) is 14. The van der Waals surface area contributed by atoms with E-state index in [0.29, 0.717) is 49.2 Å². The molecule has 6 heterocycles. The molecule has 6 rings (SSSR count). The quantitative estimate of drug-likeness (QED) is 0.101. The molecule has 0 radical (unpaired) electrons. The van der Waals surface area contributed by atoms with Gasteiger partial charge in [0.2, 0.25) is 5.91 Å². The highest BCUT2D eigenvalue weighted by Gasteiger charge is 2.46. The first-order valence-electron chi connectivity index (χ1n) is 15.0. The Morgan fingerprint density at radius 2 is 2.02 bits per heavy atom. The Kier molecular flexibility index (Phi) is 10.7. The summed E-state index contributed by atoms with van der Waals surface area (Å²) in [4.78, 5) is 53.0. The highest BCUT2D eigenvalue weighted by molar-refractivity contribution is 7.33. The Labute approximate surface area is 272 Å². The standard InChI is InChI=1S/C26H34FN9O10P2/c1-28-6-2-3-18(37)34-22-21-24(31-12-29-22)35(14-33-21)19-5-4-15(45-19)9-44-48(41)46-26(7-16(42-11-26)10-43-47(39)40)36-8-17(27)20-23(36)30-13-32-25(20)38/h8,12-16,19,28,47-48H,2-7,9-11H2,1H3,(H,39,40)(H,30,32,38)(H,29,31,34,37)/t15-,16-,19+,26+/m0/s1. The van der Waals surface area contributed by atoms with Crippen LogP contribution in [-0.4, -0.2) is 90.5 Å². The van der Waals surface area contributed by atoms with Crippen LogP contribution in [0.25, 0.3) is 22.2 Å². The molecule has 4 aromatic rings. The lowest BCUT2D eigenvalue weighted by Gasteiger charge is -2.29. The molecule has 260 valence electrons. The van der Waals surface area contributed by atoms with Crippen molar-refractivity contribution in [2.45, 2.75) is 56.3 Å². The number of aromatic nitrogens is 7. The van der Waals surface area contributed by atoms with Gasteiger partial charge < -0.3 is 39.0 Å². The van der Waals surface area contributed by atoms with E-state index in [4.69, 9.17) is 27.9 Å². The van der Waals surface area contributed by atoms with Crippen molar-refractivity contribution in [2.75, 3.05) is 38.7 Å². The number of carbonyl (C=O) groups is 1. The van der Waals surface area contributed by atoms with Gasteiger partial charge in [0, 0.05) is 19.0 Å². The van der Waals surface area contributed by atoms with Gasteiger partial charge in [0.25, 0.3) is 5.56 Å². The van der Waals surface area contributed by atoms with Crippen LogP contribution in [0.3, 0.4) is 0 Å². The average molecular weight is 714 g/mol. The number of imidazole rings is 1. The molecule has 4 N–H and O–H groups in total. The molecule has 2 saturated heterocycles. The second-order valence-corrected chi connectivity index (χ2v) is 13.0. The van der Waals surface area contributed by atoms with Crippen LogP contribution in [0.4, 0.5) is 10.2 Å². The summed E-state index contributed by atoms with van der Waals surface area (Å²) in [6, 6.07) is 0. The third-order valence-electron chi connectivity index (χ3n) is 7.97. The van der Waals surface area contributed by atoms with Crippen LogP contribution >= 0.6 is 16.5 Å². The molecule has 22 heteroatoms. The van der Waals surface area contributed by atoms with Crippen LogP contribution in [0.1, 0.15) is 38.3 Å². The minimum absolute atomic E-state index is 0.0817. The van der Waals surface area contributed by atoms with Gasteiger partial charge in [0.05, 0.1) is 44.7 Å². The number of nitrogens with one attached hydrogen (secondary N) is 3. The molecular weight excluding hydrogens is 679 g/mol. The monoisotopic (exact) mass is 713 g/mol. The predicted molar refractivity (Wildman–Crippen MR) is 166 cm³/mol. The van der Waals surface area contributed by atoms with E-state index in [9.17, 15) is 23.1 Å². The molecule has 2 aliphatic rings. The molecule has 0 aliphatic carbocycles. The van der Waals surface area contributed by atoms with Crippen LogP contribution in [-0.2, 0) is 42.7 Å². The normalized spacial score (nSPS) is 24.0. The van der Waals surface area contributed by atoms with Crippen molar-refractivity contribution in [3.8, 4) is 0 Å². The SMILES string of the molecule is CNCCCC(=O)Nc1ncnc2c1ncn2[C@H]1CC[C@@H](CO[PH](=O)O[C@@]2(n3cc(F)c4c(=O)[nH]cnc43)CO[C@H](CO[PH](=O)O)C2)O1. The third kappa shape index (κ3) is 7.41. The maximum absolute atomic E-state index is 14.9. The van der Waals surface area contributed by atoms with Crippen molar-refractivity contribution in [1.29, 1.82) is 0 Å². The van der Waals surface area contributed by atoms with Crippen molar-refractivity contribution in [1.82, 2.24) is 39.4 Å². The number of hydrogen-bond donors (Lipinski definition) is 4. The summed E-state index contributed by atoms with van der Waals surface area (Å²) in [7, 11) is -4.76. The molecule has 6 atom stereocenters. The fourth-order valence-electron chi connectivity index (χ4n) is 5.75. The van der Waals surface area contributed by atoms with Gasteiger partial charge in [-0.05, 0) is 32.9 Å². The van der Waals surface area contributed by atoms with Crippen LogP contribution in [0.5, 0.6) is 0 Å². The summed E-state index contributed by atoms with van der Waals surface area (Å²) in [6.45, 7) is 0.0312. The van der Waals surface area contributed by atoms with Crippen molar-refractivity contribution in [3.63, 3.8) is 0 Å². The van der Waals surface area contributed by atoms with E-state index in [2.05, 4.69) is 35.6 Å². The van der Waals surface area contributed by atoms with E-state index < -0.39 is 52.0 Å². The maximum atomic E-state index is 14.9. The molecule has 48 heavy (non-hydrogen) atoms. The number of anilines is 1. The number of ether oxygens (including phenoxy) is 2. The largest absolute Gasteiger partial charge is 0.371 e. The lowest BCUT2D eigenvalue weighted by Crippen LogP contribution is -2.36. The molecule has 2 aliphatic heterocycles. The van der Waals surface area contributed by atoms with Crippen LogP contribution in [0.15, 0.2) is 30.0 Å². The first kappa shape index (κ1) is 34.4. The number of amides is 1. The lowest BCUT2D eigenvalue weighted by atomic mass is 10.1. The van der Waals surface area contributed by atoms with Gasteiger partial charge in [-0.1, -0.05) is 0 Å². The Bertz CT molecular complexity index is 1890. The summed E-state index contributed by atoms with van der Waals surface area (Å²) < 4.78 is 70.4. The number of carbonyl (C=O) groups excluding carboxylic acids is 1. The van der Waals surface area contributed by atoms with Crippen LogP contribution < -0.4 is 16.2 Å². The second-order valence-electron chi connectivity index (χ2n) is 11.2. The van der Waals surface area contributed by atoms with Gasteiger partial charge >= 0.3 is 16.5 Å². The highest BCUT2D eigenvalue weighted by Crippen LogP contribution is 2.44. The first-order chi connectivity index (χ1) is 23.2. The molecule has 4 aromatic heterocycles. The molecule has 19 nitrogen and oxygen atoms in total. The number of aromatic amines is 1. The number of nitrogens with zero attached hydrogens (tertiary/aromatic N) is 6. The molecule has 0 aromatic carbocycles. The zero-order chi connectivity index (χ0) is 33.8. The third-order valence-corrected chi connectivity index (χ3v) is 9.33. The van der Waals surface area contributed by atoms with Crippen molar-refractivity contribution in [3.05, 3.63) is 41.3 Å². The van der Waals surface area contributed by atoms with Crippen LogP contribution in [0.2, 0.25) is 0 Å². The van der Waals surface area contributed by atoms with E-state index >= 15 is 0 Å². The Hall–Kier alpha value is -3.45. The van der Waals surface area contributed by atoms with Crippen molar-refractivity contribution < 1.29 is 46.3 Å². The summed E-state index contributed by atoms with van der Waals surface area (Å²) in [5.41, 5.74) is -1.58. The molecule has 0 bridgehead atoms. The minimum Gasteiger partial charge on any atom is -0.371 e. The van der Waals surface area contributed by atoms with Crippen molar-refractivity contribution >= 4 is 50.4 Å². The summed E-state index contributed by atoms with van der Waals surface area (Å²) in [6.07, 6.45) is 5.20. The molecule has 0 saturated carbocycles. The fourth-order valence-corrected chi connectivity index (χ4v) is 7.01. The average Bonchev–Trinajstić information content (AvgIpc) is 3.85. The lowest BCUT2D eigenvalue weighted by molar-refractivity contribution is -0.116. The topological polar surface area (TPSA) is 236 Å². The Morgan fingerprint density at radius 1 is 1.19 bits per heavy atom. The molecule has 1 amide bonds. The molecule has 2 unspecified atom stereocenters. The first-order valence-corrected chi connectivity index (χ1v) is 17.5. The van der Waals surface area contributed by atoms with E-state index in [1.165, 1.54) is 10.9 Å². The Morgan fingerprint density at radius 3 is 2.83 bits per heavy atom. The maximum Gasteiger partial charge on any atom is 0.321 e. The predicted octanol–water partition coefficient (Wildman–Crippen LogP) is 1.58. The molecular formula is C26H34FN9O10P2. The van der Waals surface area contributed by atoms with Gasteiger partial charge in [-0.2, -0.15) is 0 Å². The van der Waals surface area contributed by atoms with Crippen LogP contribution in [0, 0.1) is 5.82 Å². The van der Waals surface area contributed by atoms with Gasteiger partial charge in [0.1, 0.15) is 17.9 Å². The molecule has 0 spiro atoms. The number of halogens is 1. The van der Waals surface area contributed by atoms with E-state index in [-0.39, 0.29) is 43.2 Å². The van der Waals surface area contributed by atoms with Gasteiger partial charge in [-0.25, -0.2) is 24.3 Å². The summed E-state index contributed by atoms with van der Waals surface area (Å²) in [5.74, 6) is -0.782. The highest BCUT2D eigenvalue weighted by atomic mass is 31.1. The number of fused-ring (bicyclic) bond motifs is 2. The fraction of sp³-hybridized carbons (Fsp3) is 0.538. The second kappa shape index (κ2) is 15.0. The molecule has 2 fully saturated rings. The van der Waals surface area contributed by atoms with E-state index in [1.807, 2.05) is 7.05 Å². The van der Waals surface area contributed by atoms with E-state index in [0.717, 1.165) is 12.5 Å². The summed E-state index contributed by atoms with van der Waals surface area (Å²) in [5, 5.41) is 5.44. The minimum atomic E-state index is -3.31. The van der Waals surface area contributed by atoms with Gasteiger partial charge in [-0.3, -0.25) is 32.4 Å². The van der Waals surface area contributed by atoms with Gasteiger partial charge in [-0.15, -0.1) is 0 Å². The Balaban J connectivity index is 1.11. The number of H-pyrrole nitrogens is 1. The zero-order valence-corrected chi connectivity index (χ0v) is 27.6. The number of rotatable bonds is 15. The summed E-state index contributed by atoms with van der Waals surface area (Å²) >= 11 is 0.